The lowest BCUT2D eigenvalue weighted by Crippen LogP contribution is -2.24. The molecule has 2 N–H and O–H groups in total. The maximum absolute atomic E-state index is 6.08. The van der Waals surface area contributed by atoms with Crippen molar-refractivity contribution in [2.45, 2.75) is 19.3 Å². The Kier molecular flexibility index (Phi) is 3.92. The molecule has 0 radical (unpaired) electrons. The molecule has 0 amide bonds. The summed E-state index contributed by atoms with van der Waals surface area (Å²) in [5.74, 6) is 0.430. The first-order chi connectivity index (χ1) is 10.6. The molecule has 0 unspecified atom stereocenters. The van der Waals surface area contributed by atoms with Gasteiger partial charge in [-0.05, 0) is 25.0 Å². The lowest BCUT2D eigenvalue weighted by molar-refractivity contribution is 0.840. The van der Waals surface area contributed by atoms with E-state index in [0.717, 1.165) is 36.0 Å². The highest BCUT2D eigenvalue weighted by Gasteiger charge is 2.06. The van der Waals surface area contributed by atoms with Crippen molar-refractivity contribution in [1.29, 1.82) is 0 Å². The van der Waals surface area contributed by atoms with Crippen molar-refractivity contribution in [2.75, 3.05) is 5.73 Å². The number of hydrogen-bond donors (Lipinski definition) is 1. The summed E-state index contributed by atoms with van der Waals surface area (Å²) in [6, 6.07) is 7.90. The second kappa shape index (κ2) is 6.02. The van der Waals surface area contributed by atoms with Gasteiger partial charge in [-0.1, -0.05) is 42.5 Å². The second-order valence-electron chi connectivity index (χ2n) is 5.51. The minimum atomic E-state index is 0.430. The normalized spacial score (nSPS) is 15.1. The van der Waals surface area contributed by atoms with Gasteiger partial charge in [0, 0.05) is 19.2 Å². The van der Waals surface area contributed by atoms with Crippen LogP contribution in [0.5, 0.6) is 0 Å². The summed E-state index contributed by atoms with van der Waals surface area (Å²) in [5, 5.41) is 0. The van der Waals surface area contributed by atoms with Crippen LogP contribution in [0.4, 0.5) is 5.82 Å². The first-order valence-corrected chi connectivity index (χ1v) is 7.43. The van der Waals surface area contributed by atoms with E-state index in [1.165, 1.54) is 5.57 Å². The van der Waals surface area contributed by atoms with Gasteiger partial charge in [0.15, 0.2) is 11.3 Å². The fraction of sp³-hybridized carbons (Fsp3) is 0.222. The van der Waals surface area contributed by atoms with E-state index in [1.807, 2.05) is 35.9 Å². The molecular formula is C18H20N4. The van der Waals surface area contributed by atoms with Crippen LogP contribution < -0.4 is 11.2 Å². The number of benzene rings is 1. The highest BCUT2D eigenvalue weighted by Crippen LogP contribution is 2.19. The standard InChI is InChI=1S/C18H20N4/c1-13(12-14-8-4-3-5-9-14)20-18-17(19)21-15-10-6-7-11-16(15)22(18)2/h3-4,6-8,10-11H,1,5,9,12H2,2H3,(H2,19,21). The summed E-state index contributed by atoms with van der Waals surface area (Å²) in [4.78, 5) is 9.05. The Hall–Kier alpha value is -2.62. The molecule has 1 aliphatic carbocycles. The van der Waals surface area contributed by atoms with Gasteiger partial charge >= 0.3 is 0 Å². The molecule has 0 spiro atoms. The number of rotatable bonds is 3. The largest absolute Gasteiger partial charge is 0.381 e. The average Bonchev–Trinajstić information content (AvgIpc) is 2.52. The molecule has 0 atom stereocenters. The molecule has 1 aromatic carbocycles. The monoisotopic (exact) mass is 292 g/mol. The molecule has 1 aromatic heterocycles. The molecule has 1 heterocycles. The van der Waals surface area contributed by atoms with Gasteiger partial charge < -0.3 is 10.3 Å². The van der Waals surface area contributed by atoms with Crippen molar-refractivity contribution in [3.05, 3.63) is 65.8 Å². The fourth-order valence-corrected chi connectivity index (χ4v) is 2.69. The summed E-state index contributed by atoms with van der Waals surface area (Å²) in [5.41, 5.74) is 10.8. The fourth-order valence-electron chi connectivity index (χ4n) is 2.69. The predicted molar refractivity (Wildman–Crippen MR) is 90.9 cm³/mol. The molecule has 3 rings (SSSR count). The van der Waals surface area contributed by atoms with Gasteiger partial charge in [0.05, 0.1) is 11.0 Å². The zero-order chi connectivity index (χ0) is 15.5. The number of allylic oxidation sites excluding steroid dienone is 4. The number of aryl methyl sites for hydroxylation is 1. The third-order valence-corrected chi connectivity index (χ3v) is 3.83. The number of aromatic nitrogens is 2. The number of anilines is 1. The van der Waals surface area contributed by atoms with Crippen LogP contribution in [0.25, 0.3) is 11.0 Å². The third-order valence-electron chi connectivity index (χ3n) is 3.83. The topological polar surface area (TPSA) is 56.2 Å². The molecule has 0 aliphatic heterocycles. The first kappa shape index (κ1) is 14.3. The van der Waals surface area contributed by atoms with Gasteiger partial charge in [-0.2, -0.15) is 0 Å². The number of nitrogens with two attached hydrogens (primary N) is 1. The Morgan fingerprint density at radius 2 is 2.23 bits per heavy atom. The van der Waals surface area contributed by atoms with Gasteiger partial charge in [-0.3, -0.25) is 0 Å². The number of fused-ring (bicyclic) bond motifs is 1. The SMILES string of the molecule is C=C(CC1=CC=CCC1)N=c1c(N)nc2ccccc2n1C. The predicted octanol–water partition coefficient (Wildman–Crippen LogP) is 3.24. The zero-order valence-electron chi connectivity index (χ0n) is 12.8. The Bertz CT molecular complexity index is 853. The lowest BCUT2D eigenvalue weighted by atomic mass is 10.0. The van der Waals surface area contributed by atoms with Gasteiger partial charge in [0.2, 0.25) is 0 Å². The summed E-state index contributed by atoms with van der Waals surface area (Å²) < 4.78 is 1.97. The molecule has 22 heavy (non-hydrogen) atoms. The summed E-state index contributed by atoms with van der Waals surface area (Å²) in [6.45, 7) is 4.08. The molecule has 0 fully saturated rings. The summed E-state index contributed by atoms with van der Waals surface area (Å²) in [6.07, 6.45) is 9.35. The molecule has 4 nitrogen and oxygen atoms in total. The van der Waals surface area contributed by atoms with Crippen LogP contribution in [-0.4, -0.2) is 9.55 Å². The van der Waals surface area contributed by atoms with Crippen LogP contribution in [0.15, 0.2) is 65.3 Å². The van der Waals surface area contributed by atoms with Crippen LogP contribution >= 0.6 is 0 Å². The van der Waals surface area contributed by atoms with Crippen molar-refractivity contribution in [2.24, 2.45) is 12.0 Å². The Morgan fingerprint density at radius 3 is 3.00 bits per heavy atom. The number of para-hydroxylation sites is 2. The molecule has 0 saturated heterocycles. The van der Waals surface area contributed by atoms with E-state index in [-0.39, 0.29) is 0 Å². The van der Waals surface area contributed by atoms with E-state index in [2.05, 4.69) is 34.8 Å². The highest BCUT2D eigenvalue weighted by atomic mass is 15.1. The average molecular weight is 292 g/mol. The molecule has 1 aliphatic rings. The lowest BCUT2D eigenvalue weighted by Gasteiger charge is -2.10. The van der Waals surface area contributed by atoms with E-state index < -0.39 is 0 Å². The van der Waals surface area contributed by atoms with Crippen LogP contribution in [-0.2, 0) is 7.05 Å². The van der Waals surface area contributed by atoms with Crippen molar-refractivity contribution in [1.82, 2.24) is 9.55 Å². The van der Waals surface area contributed by atoms with Gasteiger partial charge in [-0.25, -0.2) is 9.98 Å². The van der Waals surface area contributed by atoms with Crippen LogP contribution in [0.2, 0.25) is 0 Å². The van der Waals surface area contributed by atoms with Crippen molar-refractivity contribution in [3.8, 4) is 0 Å². The van der Waals surface area contributed by atoms with E-state index in [4.69, 9.17) is 5.73 Å². The molecule has 2 aromatic rings. The van der Waals surface area contributed by atoms with Crippen molar-refractivity contribution >= 4 is 16.9 Å². The number of hydrogen-bond acceptors (Lipinski definition) is 3. The Morgan fingerprint density at radius 1 is 1.41 bits per heavy atom. The van der Waals surface area contributed by atoms with E-state index in [1.54, 1.807) is 0 Å². The summed E-state index contributed by atoms with van der Waals surface area (Å²) in [7, 11) is 1.95. The molecule has 112 valence electrons. The zero-order valence-corrected chi connectivity index (χ0v) is 12.8. The van der Waals surface area contributed by atoms with E-state index in [0.29, 0.717) is 11.3 Å². The second-order valence-corrected chi connectivity index (χ2v) is 5.51. The van der Waals surface area contributed by atoms with E-state index >= 15 is 0 Å². The van der Waals surface area contributed by atoms with E-state index in [9.17, 15) is 0 Å². The maximum Gasteiger partial charge on any atom is 0.176 e. The minimum absolute atomic E-state index is 0.430. The van der Waals surface area contributed by atoms with Crippen molar-refractivity contribution < 1.29 is 0 Å². The maximum atomic E-state index is 6.08. The smallest absolute Gasteiger partial charge is 0.176 e. The van der Waals surface area contributed by atoms with Crippen LogP contribution in [0.3, 0.4) is 0 Å². The number of nitrogen functional groups attached to an aromatic ring is 1. The quantitative estimate of drug-likeness (QED) is 0.944. The summed E-state index contributed by atoms with van der Waals surface area (Å²) >= 11 is 0. The molecule has 4 heteroatoms. The van der Waals surface area contributed by atoms with Crippen molar-refractivity contribution in [3.63, 3.8) is 0 Å². The Labute approximate surface area is 130 Å². The van der Waals surface area contributed by atoms with Crippen LogP contribution in [0.1, 0.15) is 19.3 Å². The minimum Gasteiger partial charge on any atom is -0.381 e. The van der Waals surface area contributed by atoms with Crippen LogP contribution in [0, 0.1) is 0 Å². The number of nitrogens with zero attached hydrogens (tertiary/aromatic N) is 3. The molecule has 0 bridgehead atoms. The first-order valence-electron chi connectivity index (χ1n) is 7.43. The molecular weight excluding hydrogens is 272 g/mol. The molecule has 0 saturated carbocycles. The Balaban J connectivity index is 2.00. The van der Waals surface area contributed by atoms with Gasteiger partial charge in [-0.15, -0.1) is 0 Å². The van der Waals surface area contributed by atoms with Gasteiger partial charge in [0.1, 0.15) is 0 Å². The highest BCUT2D eigenvalue weighted by molar-refractivity contribution is 5.75. The van der Waals surface area contributed by atoms with Gasteiger partial charge in [0.25, 0.3) is 0 Å². The third kappa shape index (κ3) is 2.86.